The number of carbonyl (C=O) groups is 2. The smallest absolute Gasteiger partial charge is 0.280 e. The third kappa shape index (κ3) is 4.13. The van der Waals surface area contributed by atoms with Crippen molar-refractivity contribution < 1.29 is 9.59 Å². The molecule has 1 aliphatic heterocycles. The van der Waals surface area contributed by atoms with Crippen molar-refractivity contribution in [2.45, 2.75) is 27.3 Å². The summed E-state index contributed by atoms with van der Waals surface area (Å²) in [5.41, 5.74) is 5.94. The summed E-state index contributed by atoms with van der Waals surface area (Å²) in [7, 11) is 0. The average Bonchev–Trinajstić information content (AvgIpc) is 3.28. The first kappa shape index (κ1) is 23.7. The first-order chi connectivity index (χ1) is 17.2. The Bertz CT molecular complexity index is 1600. The number of rotatable bonds is 5. The van der Waals surface area contributed by atoms with E-state index >= 15 is 0 Å². The molecule has 3 aromatic carbocycles. The maximum atomic E-state index is 13.1. The second kappa shape index (κ2) is 9.20. The Labute approximate surface area is 216 Å². The molecule has 2 amide bonds. The van der Waals surface area contributed by atoms with Gasteiger partial charge in [0.15, 0.2) is 0 Å². The molecule has 0 atom stereocenters. The van der Waals surface area contributed by atoms with Crippen LogP contribution < -0.4 is 5.56 Å². The minimum atomic E-state index is -0.296. The number of halogens is 1. The Morgan fingerprint density at radius 2 is 1.58 bits per heavy atom. The number of benzene rings is 3. The maximum Gasteiger partial charge on any atom is 0.280 e. The molecule has 1 aromatic heterocycles. The fourth-order valence-corrected chi connectivity index (χ4v) is 4.51. The number of nitrogens with one attached hydrogen (secondary N) is 1. The van der Waals surface area contributed by atoms with Crippen LogP contribution in [0.1, 0.15) is 48.7 Å². The molecule has 8 heteroatoms. The van der Waals surface area contributed by atoms with Crippen molar-refractivity contribution in [2.75, 3.05) is 0 Å². The summed E-state index contributed by atoms with van der Waals surface area (Å²) in [6.07, 6.45) is 1.55. The number of H-pyrrole nitrogens is 1. The van der Waals surface area contributed by atoms with Gasteiger partial charge in [-0.3, -0.25) is 29.4 Å². The maximum absolute atomic E-state index is 13.1. The molecule has 0 saturated carbocycles. The van der Waals surface area contributed by atoms with Crippen LogP contribution in [-0.4, -0.2) is 32.7 Å². The van der Waals surface area contributed by atoms with Crippen LogP contribution in [0.2, 0.25) is 0 Å². The number of imide groups is 1. The van der Waals surface area contributed by atoms with Crippen molar-refractivity contribution in [1.82, 2.24) is 14.7 Å². The number of hydrogen-bond acceptors (Lipinski definition) is 4. The molecule has 36 heavy (non-hydrogen) atoms. The minimum absolute atomic E-state index is 0.153. The Morgan fingerprint density at radius 3 is 2.25 bits per heavy atom. The number of aromatic amines is 1. The lowest BCUT2D eigenvalue weighted by Gasteiger charge is -2.16. The number of nitrogens with zero attached hydrogens (tertiary/aromatic N) is 3. The molecule has 5 rings (SSSR count). The highest BCUT2D eigenvalue weighted by Crippen LogP contribution is 2.27. The highest BCUT2D eigenvalue weighted by molar-refractivity contribution is 9.10. The van der Waals surface area contributed by atoms with E-state index in [1.165, 1.54) is 9.58 Å². The standard InChI is InChI=1S/C28H23BrN4O3/c1-16-8-9-20(13-19(16)15-32-26(34)22-6-4-5-7-23(22)27(32)35)30-14-24-18(3)31-33(28(24)36)21-10-11-25(29)17(2)12-21/h4-14,31H,15H2,1-3H3. The molecular weight excluding hydrogens is 520 g/mol. The molecular formula is C28H23BrN4O3. The second-order valence-electron chi connectivity index (χ2n) is 8.84. The summed E-state index contributed by atoms with van der Waals surface area (Å²) >= 11 is 3.48. The van der Waals surface area contributed by atoms with Gasteiger partial charge in [-0.25, -0.2) is 4.68 Å². The molecule has 0 spiro atoms. The topological polar surface area (TPSA) is 87.5 Å². The number of hydrogen-bond donors (Lipinski definition) is 1. The van der Waals surface area contributed by atoms with Crippen molar-refractivity contribution in [1.29, 1.82) is 0 Å². The van der Waals surface area contributed by atoms with Gasteiger partial charge in [0.1, 0.15) is 0 Å². The van der Waals surface area contributed by atoms with Gasteiger partial charge in [0.05, 0.1) is 34.6 Å². The molecule has 0 radical (unpaired) electrons. The molecule has 4 aromatic rings. The Kier molecular flexibility index (Phi) is 6.05. The van der Waals surface area contributed by atoms with Crippen molar-refractivity contribution in [3.63, 3.8) is 0 Å². The van der Waals surface area contributed by atoms with Crippen LogP contribution in [-0.2, 0) is 6.54 Å². The van der Waals surface area contributed by atoms with Gasteiger partial charge in [0.25, 0.3) is 17.4 Å². The Hall–Kier alpha value is -4.04. The van der Waals surface area contributed by atoms with Crippen LogP contribution in [0.4, 0.5) is 5.69 Å². The zero-order valence-electron chi connectivity index (χ0n) is 20.0. The number of fused-ring (bicyclic) bond motifs is 1. The molecule has 0 aliphatic carbocycles. The molecule has 0 bridgehead atoms. The van der Waals surface area contributed by atoms with Gasteiger partial charge >= 0.3 is 0 Å². The molecule has 1 aliphatic rings. The van der Waals surface area contributed by atoms with Gasteiger partial charge in [-0.05, 0) is 79.9 Å². The number of aliphatic imine (C=N–C) groups is 1. The van der Waals surface area contributed by atoms with E-state index in [1.54, 1.807) is 30.5 Å². The largest absolute Gasteiger partial charge is 0.295 e. The van der Waals surface area contributed by atoms with Crippen LogP contribution in [0.3, 0.4) is 0 Å². The van der Waals surface area contributed by atoms with Crippen LogP contribution in [0.5, 0.6) is 0 Å². The van der Waals surface area contributed by atoms with Crippen LogP contribution in [0.15, 0.2) is 74.9 Å². The normalized spacial score (nSPS) is 13.2. The third-order valence-electron chi connectivity index (χ3n) is 6.40. The fourth-order valence-electron chi connectivity index (χ4n) is 4.26. The van der Waals surface area contributed by atoms with E-state index in [2.05, 4.69) is 26.0 Å². The highest BCUT2D eigenvalue weighted by Gasteiger charge is 2.35. The summed E-state index contributed by atoms with van der Waals surface area (Å²) in [6, 6.07) is 18.1. The van der Waals surface area contributed by atoms with E-state index in [4.69, 9.17) is 0 Å². The van der Waals surface area contributed by atoms with Gasteiger partial charge in [-0.1, -0.05) is 34.1 Å². The van der Waals surface area contributed by atoms with E-state index in [0.29, 0.717) is 28.1 Å². The van der Waals surface area contributed by atoms with E-state index < -0.39 is 0 Å². The predicted octanol–water partition coefficient (Wildman–Crippen LogP) is 5.40. The summed E-state index contributed by atoms with van der Waals surface area (Å²) in [4.78, 5) is 44.5. The zero-order valence-corrected chi connectivity index (χ0v) is 21.6. The van der Waals surface area contributed by atoms with Crippen molar-refractivity contribution in [3.8, 4) is 5.69 Å². The molecule has 0 unspecified atom stereocenters. The molecule has 7 nitrogen and oxygen atoms in total. The Balaban J connectivity index is 1.42. The highest BCUT2D eigenvalue weighted by atomic mass is 79.9. The lowest BCUT2D eigenvalue weighted by molar-refractivity contribution is 0.0642. The quantitative estimate of drug-likeness (QED) is 0.270. The van der Waals surface area contributed by atoms with E-state index in [0.717, 1.165) is 26.9 Å². The van der Waals surface area contributed by atoms with Crippen LogP contribution >= 0.6 is 15.9 Å². The number of carbonyl (C=O) groups excluding carboxylic acids is 2. The average molecular weight is 543 g/mol. The van der Waals surface area contributed by atoms with E-state index in [-0.39, 0.29) is 23.9 Å². The first-order valence-electron chi connectivity index (χ1n) is 11.4. The lowest BCUT2D eigenvalue weighted by atomic mass is 10.1. The van der Waals surface area contributed by atoms with Crippen LogP contribution in [0.25, 0.3) is 5.69 Å². The SMILES string of the molecule is Cc1cc(-n2[nH]c(C)c(C=Nc3ccc(C)c(CN4C(=O)c5ccccc5C4=O)c3)c2=O)ccc1Br. The summed E-state index contributed by atoms with van der Waals surface area (Å²) in [6.45, 7) is 5.87. The lowest BCUT2D eigenvalue weighted by Crippen LogP contribution is -2.29. The van der Waals surface area contributed by atoms with Gasteiger partial charge in [-0.2, -0.15) is 0 Å². The molecule has 0 fully saturated rings. The summed E-state index contributed by atoms with van der Waals surface area (Å²) in [5, 5.41) is 3.12. The molecule has 1 N–H and O–H groups in total. The van der Waals surface area contributed by atoms with Gasteiger partial charge in [0, 0.05) is 16.4 Å². The third-order valence-corrected chi connectivity index (χ3v) is 7.29. The summed E-state index contributed by atoms with van der Waals surface area (Å²) < 4.78 is 2.47. The Morgan fingerprint density at radius 1 is 0.889 bits per heavy atom. The van der Waals surface area contributed by atoms with Crippen molar-refractivity contribution >= 4 is 39.6 Å². The molecule has 180 valence electrons. The van der Waals surface area contributed by atoms with E-state index in [9.17, 15) is 14.4 Å². The molecule has 2 heterocycles. The van der Waals surface area contributed by atoms with Gasteiger partial charge in [0.2, 0.25) is 0 Å². The van der Waals surface area contributed by atoms with Gasteiger partial charge in [-0.15, -0.1) is 0 Å². The van der Waals surface area contributed by atoms with Crippen LogP contribution in [0, 0.1) is 20.8 Å². The fraction of sp³-hybridized carbons (Fsp3) is 0.143. The molecule has 0 saturated heterocycles. The number of aryl methyl sites for hydroxylation is 3. The number of aromatic nitrogens is 2. The minimum Gasteiger partial charge on any atom is -0.295 e. The summed E-state index contributed by atoms with van der Waals surface area (Å²) in [5.74, 6) is -0.592. The monoisotopic (exact) mass is 542 g/mol. The number of amides is 2. The van der Waals surface area contributed by atoms with Crippen molar-refractivity contribution in [2.24, 2.45) is 4.99 Å². The predicted molar refractivity (Wildman–Crippen MR) is 143 cm³/mol. The second-order valence-corrected chi connectivity index (χ2v) is 9.69. The van der Waals surface area contributed by atoms with Gasteiger partial charge < -0.3 is 0 Å². The first-order valence-corrected chi connectivity index (χ1v) is 12.2. The van der Waals surface area contributed by atoms with E-state index in [1.807, 2.05) is 57.2 Å². The zero-order chi connectivity index (χ0) is 25.6. The van der Waals surface area contributed by atoms with Crippen molar-refractivity contribution in [3.05, 3.63) is 115 Å².